The molecule has 0 aliphatic heterocycles. The summed E-state index contributed by atoms with van der Waals surface area (Å²) in [6.45, 7) is 4.45. The number of likely N-dealkylation sites (N-methyl/N-ethyl adjacent to an activating group) is 1. The van der Waals surface area contributed by atoms with Crippen LogP contribution in [0.2, 0.25) is 0 Å². The minimum absolute atomic E-state index is 0.0506. The number of ether oxygens (including phenoxy) is 1. The number of nitrogens with one attached hydrogen (secondary N) is 1. The van der Waals surface area contributed by atoms with E-state index in [-0.39, 0.29) is 24.7 Å². The lowest BCUT2D eigenvalue weighted by molar-refractivity contribution is 0.162. The van der Waals surface area contributed by atoms with Crippen LogP contribution >= 0.6 is 0 Å². The lowest BCUT2D eigenvalue weighted by Gasteiger charge is -2.19. The van der Waals surface area contributed by atoms with Gasteiger partial charge in [0.2, 0.25) is 10.0 Å². The van der Waals surface area contributed by atoms with Gasteiger partial charge in [-0.2, -0.15) is 4.31 Å². The molecule has 0 spiro atoms. The highest BCUT2D eigenvalue weighted by atomic mass is 32.2. The molecule has 7 heteroatoms. The van der Waals surface area contributed by atoms with Gasteiger partial charge >= 0.3 is 0 Å². The van der Waals surface area contributed by atoms with Gasteiger partial charge in [-0.15, -0.1) is 0 Å². The van der Waals surface area contributed by atoms with E-state index in [0.717, 1.165) is 0 Å². The van der Waals surface area contributed by atoms with Gasteiger partial charge in [0.25, 0.3) is 0 Å². The molecule has 0 saturated carbocycles. The highest BCUT2D eigenvalue weighted by Gasteiger charge is 2.20. The van der Waals surface area contributed by atoms with E-state index in [0.29, 0.717) is 13.2 Å². The van der Waals surface area contributed by atoms with Gasteiger partial charge < -0.3 is 10.5 Å². The Labute approximate surface area is 91.0 Å². The van der Waals surface area contributed by atoms with E-state index in [1.54, 1.807) is 13.8 Å². The second-order valence-corrected chi connectivity index (χ2v) is 5.05. The average molecular weight is 237 g/mol. The summed E-state index contributed by atoms with van der Waals surface area (Å²) in [6, 6.07) is 0. The Bertz CT molecular complexity index is 290. The van der Waals surface area contributed by atoms with Crippen molar-refractivity contribution in [3.05, 3.63) is 0 Å². The fourth-order valence-electron chi connectivity index (χ4n) is 1.03. The Hall–Kier alpha value is -0.660. The zero-order valence-corrected chi connectivity index (χ0v) is 10.0. The van der Waals surface area contributed by atoms with E-state index in [9.17, 15) is 8.42 Å². The maximum Gasteiger partial charge on any atom is 0.216 e. The van der Waals surface area contributed by atoms with E-state index >= 15 is 0 Å². The van der Waals surface area contributed by atoms with Crippen molar-refractivity contribution in [1.82, 2.24) is 4.31 Å². The van der Waals surface area contributed by atoms with Gasteiger partial charge in [-0.05, 0) is 6.92 Å². The fraction of sp³-hybridized carbons (Fsp3) is 0.875. The maximum atomic E-state index is 11.7. The SMILES string of the molecule is CCOCCS(=O)(=O)N(CC)CC(=N)N. The summed E-state index contributed by atoms with van der Waals surface area (Å²) < 4.78 is 29.5. The topological polar surface area (TPSA) is 96.5 Å². The summed E-state index contributed by atoms with van der Waals surface area (Å²) in [4.78, 5) is 0. The molecule has 0 atom stereocenters. The monoisotopic (exact) mass is 237 g/mol. The van der Waals surface area contributed by atoms with E-state index in [1.807, 2.05) is 0 Å². The van der Waals surface area contributed by atoms with Crippen LogP contribution in [0, 0.1) is 5.41 Å². The highest BCUT2D eigenvalue weighted by molar-refractivity contribution is 7.89. The first-order valence-corrected chi connectivity index (χ1v) is 6.43. The fourth-order valence-corrected chi connectivity index (χ4v) is 2.35. The third kappa shape index (κ3) is 5.71. The molecule has 0 aromatic rings. The van der Waals surface area contributed by atoms with Crippen molar-refractivity contribution in [3.63, 3.8) is 0 Å². The highest BCUT2D eigenvalue weighted by Crippen LogP contribution is 2.00. The molecule has 3 N–H and O–H groups in total. The Morgan fingerprint density at radius 3 is 2.47 bits per heavy atom. The Morgan fingerprint density at radius 1 is 1.47 bits per heavy atom. The van der Waals surface area contributed by atoms with Crippen molar-refractivity contribution in [1.29, 1.82) is 5.41 Å². The second kappa shape index (κ2) is 6.76. The predicted molar refractivity (Wildman–Crippen MR) is 59.4 cm³/mol. The van der Waals surface area contributed by atoms with Crippen LogP contribution in [-0.2, 0) is 14.8 Å². The van der Waals surface area contributed by atoms with Crippen molar-refractivity contribution in [3.8, 4) is 0 Å². The summed E-state index contributed by atoms with van der Waals surface area (Å²) in [6.07, 6.45) is 0. The van der Waals surface area contributed by atoms with Gasteiger partial charge in [0, 0.05) is 13.2 Å². The molecule has 0 rings (SSSR count). The van der Waals surface area contributed by atoms with Crippen LogP contribution in [-0.4, -0.2) is 50.6 Å². The summed E-state index contributed by atoms with van der Waals surface area (Å²) in [5.41, 5.74) is 5.17. The molecule has 0 aromatic carbocycles. The van der Waals surface area contributed by atoms with Crippen molar-refractivity contribution >= 4 is 15.9 Å². The summed E-state index contributed by atoms with van der Waals surface area (Å²) in [5, 5.41) is 7.06. The lowest BCUT2D eigenvalue weighted by Crippen LogP contribution is -2.40. The van der Waals surface area contributed by atoms with Gasteiger partial charge in [0.15, 0.2) is 0 Å². The van der Waals surface area contributed by atoms with Gasteiger partial charge in [0.05, 0.1) is 18.9 Å². The Kier molecular flexibility index (Phi) is 6.46. The third-order valence-electron chi connectivity index (χ3n) is 1.78. The molecule has 0 aromatic heterocycles. The number of nitrogens with two attached hydrogens (primary N) is 1. The maximum absolute atomic E-state index is 11.7. The third-order valence-corrected chi connectivity index (χ3v) is 3.64. The van der Waals surface area contributed by atoms with Gasteiger partial charge in [-0.1, -0.05) is 6.92 Å². The number of hydrogen-bond acceptors (Lipinski definition) is 4. The molecule has 0 saturated heterocycles. The smallest absolute Gasteiger partial charge is 0.216 e. The molecule has 0 amide bonds. The van der Waals surface area contributed by atoms with Crippen LogP contribution in [0.15, 0.2) is 0 Å². The number of nitrogens with zero attached hydrogens (tertiary/aromatic N) is 1. The van der Waals surface area contributed by atoms with Crippen LogP contribution in [0.1, 0.15) is 13.8 Å². The van der Waals surface area contributed by atoms with Crippen LogP contribution in [0.25, 0.3) is 0 Å². The molecule has 0 aliphatic carbocycles. The number of sulfonamides is 1. The molecule has 15 heavy (non-hydrogen) atoms. The van der Waals surface area contributed by atoms with Crippen LogP contribution in [0.3, 0.4) is 0 Å². The molecule has 0 aliphatic rings. The minimum atomic E-state index is -3.35. The molecule has 0 unspecified atom stereocenters. The first-order valence-electron chi connectivity index (χ1n) is 4.82. The van der Waals surface area contributed by atoms with Crippen molar-refractivity contribution in [2.45, 2.75) is 13.8 Å². The van der Waals surface area contributed by atoms with Crippen molar-refractivity contribution < 1.29 is 13.2 Å². The Morgan fingerprint density at radius 2 is 2.07 bits per heavy atom. The zero-order valence-electron chi connectivity index (χ0n) is 9.19. The minimum Gasteiger partial charge on any atom is -0.387 e. The standard InChI is InChI=1S/C8H19N3O3S/c1-3-11(7-8(9)10)15(12,13)6-5-14-4-2/h3-7H2,1-2H3,(H3,9,10). The zero-order chi connectivity index (χ0) is 11.9. The molecular formula is C8H19N3O3S. The van der Waals surface area contributed by atoms with Gasteiger partial charge in [-0.3, -0.25) is 5.41 Å². The summed E-state index contributed by atoms with van der Waals surface area (Å²) in [5.74, 6) is -0.223. The predicted octanol–water partition coefficient (Wildman–Crippen LogP) is -0.389. The van der Waals surface area contributed by atoms with E-state index in [2.05, 4.69) is 0 Å². The molecule has 6 nitrogen and oxygen atoms in total. The van der Waals surface area contributed by atoms with E-state index < -0.39 is 10.0 Å². The quantitative estimate of drug-likeness (QED) is 0.341. The molecular weight excluding hydrogens is 218 g/mol. The largest absolute Gasteiger partial charge is 0.387 e. The molecule has 0 fully saturated rings. The van der Waals surface area contributed by atoms with Gasteiger partial charge in [-0.25, -0.2) is 8.42 Å². The summed E-state index contributed by atoms with van der Waals surface area (Å²) >= 11 is 0. The number of hydrogen-bond donors (Lipinski definition) is 2. The first-order chi connectivity index (χ1) is 6.94. The molecule has 0 bridgehead atoms. The van der Waals surface area contributed by atoms with Crippen molar-refractivity contribution in [2.75, 3.05) is 32.1 Å². The van der Waals surface area contributed by atoms with Gasteiger partial charge in [0.1, 0.15) is 5.84 Å². The first kappa shape index (κ1) is 14.3. The van der Waals surface area contributed by atoms with E-state index in [1.165, 1.54) is 4.31 Å². The number of amidine groups is 1. The summed E-state index contributed by atoms with van der Waals surface area (Å²) in [7, 11) is -3.35. The van der Waals surface area contributed by atoms with Crippen molar-refractivity contribution in [2.24, 2.45) is 5.73 Å². The van der Waals surface area contributed by atoms with Crippen LogP contribution in [0.4, 0.5) is 0 Å². The van der Waals surface area contributed by atoms with Crippen LogP contribution < -0.4 is 5.73 Å². The normalized spacial score (nSPS) is 11.9. The lowest BCUT2D eigenvalue weighted by atomic mass is 10.6. The van der Waals surface area contributed by atoms with E-state index in [4.69, 9.17) is 15.9 Å². The van der Waals surface area contributed by atoms with Crippen LogP contribution in [0.5, 0.6) is 0 Å². The molecule has 0 heterocycles. The number of rotatable bonds is 8. The second-order valence-electron chi connectivity index (χ2n) is 2.96. The molecule has 90 valence electrons. The average Bonchev–Trinajstić information content (AvgIpc) is 2.14. The Balaban J connectivity index is 4.32. The molecule has 0 radical (unpaired) electrons.